The maximum atomic E-state index is 14.2. The summed E-state index contributed by atoms with van der Waals surface area (Å²) in [5.74, 6) is -5.17. The van der Waals surface area contributed by atoms with Gasteiger partial charge in [0, 0.05) is 42.1 Å². The Morgan fingerprint density at radius 3 is 2.42 bits per heavy atom. The van der Waals surface area contributed by atoms with Crippen molar-refractivity contribution in [1.29, 1.82) is 0 Å². The smallest absolute Gasteiger partial charge is 0.282 e. The molecule has 0 spiro atoms. The molecule has 2 heterocycles. The standard InChI is InChI=1S/C31H25F5N4O3/c32-19-10-16(11-20(33)14-19)9-18(27-22(4-2-8-38-27)17-6-7-25(34)24(13-17)31(37)43)12-21(41)15-40-29-23(3-1-5-26(29)42)28(39-40)30(35)36/h2,4,6-8,10-11,13-14,18,30H,1,3,5,9,12,15H2,(H2,37,43)/t18-/m1/s1. The molecule has 2 aromatic carbocycles. The SMILES string of the molecule is NC(=O)c1cc(-c2cccnc2[C@@H](CC(=O)Cn2nc(C(F)F)c3c2C(=O)CCC3)Cc2cc(F)cc(F)c2)ccc1F. The fourth-order valence-corrected chi connectivity index (χ4v) is 5.56. The Morgan fingerprint density at radius 2 is 1.72 bits per heavy atom. The molecule has 12 heteroatoms. The van der Waals surface area contributed by atoms with Crippen molar-refractivity contribution < 1.29 is 36.3 Å². The Morgan fingerprint density at radius 1 is 0.977 bits per heavy atom. The van der Waals surface area contributed by atoms with E-state index >= 15 is 0 Å². The molecular weight excluding hydrogens is 571 g/mol. The van der Waals surface area contributed by atoms with Gasteiger partial charge in [0.2, 0.25) is 0 Å². The predicted octanol–water partition coefficient (Wildman–Crippen LogP) is 5.90. The van der Waals surface area contributed by atoms with Crippen LogP contribution in [0.15, 0.2) is 54.7 Å². The quantitative estimate of drug-likeness (QED) is 0.229. The first-order valence-electron chi connectivity index (χ1n) is 13.4. The van der Waals surface area contributed by atoms with E-state index in [-0.39, 0.29) is 53.9 Å². The first kappa shape index (κ1) is 29.7. The number of hydrogen-bond acceptors (Lipinski definition) is 5. The van der Waals surface area contributed by atoms with Crippen molar-refractivity contribution in [2.45, 2.75) is 51.0 Å². The van der Waals surface area contributed by atoms with Gasteiger partial charge in [-0.15, -0.1) is 0 Å². The van der Waals surface area contributed by atoms with Crippen molar-refractivity contribution in [2.75, 3.05) is 0 Å². The van der Waals surface area contributed by atoms with Crippen LogP contribution in [0.4, 0.5) is 22.0 Å². The van der Waals surface area contributed by atoms with Gasteiger partial charge in [-0.2, -0.15) is 5.10 Å². The van der Waals surface area contributed by atoms with Gasteiger partial charge in [0.05, 0.1) is 11.3 Å². The van der Waals surface area contributed by atoms with Gasteiger partial charge in [-0.25, -0.2) is 22.0 Å². The zero-order chi connectivity index (χ0) is 30.8. The zero-order valence-corrected chi connectivity index (χ0v) is 22.6. The highest BCUT2D eigenvalue weighted by Gasteiger charge is 2.31. The van der Waals surface area contributed by atoms with Gasteiger partial charge in [0.15, 0.2) is 11.6 Å². The molecule has 0 fully saturated rings. The first-order chi connectivity index (χ1) is 20.5. The van der Waals surface area contributed by atoms with Crippen molar-refractivity contribution >= 4 is 17.5 Å². The maximum Gasteiger partial charge on any atom is 0.282 e. The number of carbonyl (C=O) groups excluding carboxylic acids is 3. The van der Waals surface area contributed by atoms with E-state index in [1.54, 1.807) is 12.1 Å². The number of Topliss-reactive ketones (excluding diaryl/α,β-unsaturated/α-hetero) is 2. The molecule has 0 unspecified atom stereocenters. The number of primary amides is 1. The fraction of sp³-hybridized carbons (Fsp3) is 0.258. The van der Waals surface area contributed by atoms with Crippen LogP contribution in [0.1, 0.15) is 75.0 Å². The summed E-state index contributed by atoms with van der Waals surface area (Å²) < 4.78 is 70.8. The lowest BCUT2D eigenvalue weighted by molar-refractivity contribution is -0.120. The number of fused-ring (bicyclic) bond motifs is 1. The molecule has 0 saturated heterocycles. The number of pyridine rings is 1. The number of hydrogen-bond donors (Lipinski definition) is 1. The largest absolute Gasteiger partial charge is 0.366 e. The number of aromatic nitrogens is 3. The molecule has 2 aromatic heterocycles. The zero-order valence-electron chi connectivity index (χ0n) is 22.6. The lowest BCUT2D eigenvalue weighted by atomic mass is 9.86. The van der Waals surface area contributed by atoms with E-state index in [0.29, 0.717) is 29.3 Å². The first-order valence-corrected chi connectivity index (χ1v) is 13.4. The second-order valence-corrected chi connectivity index (χ2v) is 10.4. The van der Waals surface area contributed by atoms with E-state index in [2.05, 4.69) is 10.1 Å². The highest BCUT2D eigenvalue weighted by atomic mass is 19.3. The third-order valence-corrected chi connectivity index (χ3v) is 7.36. The van der Waals surface area contributed by atoms with Gasteiger partial charge >= 0.3 is 0 Å². The summed E-state index contributed by atoms with van der Waals surface area (Å²) in [5, 5.41) is 3.90. The minimum Gasteiger partial charge on any atom is -0.366 e. The van der Waals surface area contributed by atoms with Crippen molar-refractivity contribution in [3.8, 4) is 11.1 Å². The van der Waals surface area contributed by atoms with Crippen molar-refractivity contribution in [3.63, 3.8) is 0 Å². The number of carbonyl (C=O) groups is 3. The summed E-state index contributed by atoms with van der Waals surface area (Å²) in [7, 11) is 0. The lowest BCUT2D eigenvalue weighted by Gasteiger charge is -2.20. The molecule has 5 rings (SSSR count). The molecule has 4 aromatic rings. The molecule has 1 atom stereocenters. The maximum absolute atomic E-state index is 14.2. The second-order valence-electron chi connectivity index (χ2n) is 10.4. The number of nitrogens with two attached hydrogens (primary N) is 1. The monoisotopic (exact) mass is 596 g/mol. The molecule has 1 aliphatic carbocycles. The van der Waals surface area contributed by atoms with Gasteiger partial charge < -0.3 is 5.73 Å². The summed E-state index contributed by atoms with van der Waals surface area (Å²) in [6.45, 7) is -0.487. The average molecular weight is 597 g/mol. The average Bonchev–Trinajstić information content (AvgIpc) is 3.32. The molecule has 1 amide bonds. The van der Waals surface area contributed by atoms with E-state index in [9.17, 15) is 36.3 Å². The molecule has 0 aliphatic heterocycles. The number of ketones is 2. The molecular formula is C31H25F5N4O3. The molecule has 0 bridgehead atoms. The molecule has 222 valence electrons. The number of rotatable bonds is 10. The van der Waals surface area contributed by atoms with Gasteiger partial charge in [0.1, 0.15) is 35.4 Å². The third kappa shape index (κ3) is 6.37. The van der Waals surface area contributed by atoms with E-state index in [1.807, 2.05) is 0 Å². The van der Waals surface area contributed by atoms with Crippen LogP contribution in [-0.4, -0.2) is 32.2 Å². The van der Waals surface area contributed by atoms with E-state index in [4.69, 9.17) is 5.73 Å². The van der Waals surface area contributed by atoms with E-state index < -0.39 is 53.7 Å². The second kappa shape index (κ2) is 12.2. The Labute approximate surface area is 242 Å². The Bertz CT molecular complexity index is 1720. The van der Waals surface area contributed by atoms with Gasteiger partial charge in [-0.1, -0.05) is 12.1 Å². The molecule has 7 nitrogen and oxygen atoms in total. The number of halogens is 5. The minimum absolute atomic E-state index is 0.0116. The van der Waals surface area contributed by atoms with Crippen LogP contribution in [0.3, 0.4) is 0 Å². The summed E-state index contributed by atoms with van der Waals surface area (Å²) in [6, 6.07) is 9.85. The predicted molar refractivity (Wildman–Crippen MR) is 145 cm³/mol. The highest BCUT2D eigenvalue weighted by molar-refractivity contribution is 5.97. The summed E-state index contributed by atoms with van der Waals surface area (Å²) >= 11 is 0. The summed E-state index contributed by atoms with van der Waals surface area (Å²) in [6.07, 6.45) is -1.04. The van der Waals surface area contributed by atoms with Crippen molar-refractivity contribution in [1.82, 2.24) is 14.8 Å². The number of nitrogens with zero attached hydrogens (tertiary/aromatic N) is 3. The lowest BCUT2D eigenvalue weighted by Crippen LogP contribution is -2.22. The van der Waals surface area contributed by atoms with Crippen LogP contribution in [0, 0.1) is 17.5 Å². The van der Waals surface area contributed by atoms with Crippen LogP contribution in [0.25, 0.3) is 11.1 Å². The molecule has 0 radical (unpaired) electrons. The molecule has 1 aliphatic rings. The minimum atomic E-state index is -2.93. The Hall–Kier alpha value is -4.74. The van der Waals surface area contributed by atoms with Gasteiger partial charge in [-0.3, -0.25) is 24.0 Å². The van der Waals surface area contributed by atoms with Gasteiger partial charge in [-0.05, 0) is 60.7 Å². The van der Waals surface area contributed by atoms with E-state index in [0.717, 1.165) is 22.9 Å². The topological polar surface area (TPSA) is 108 Å². The van der Waals surface area contributed by atoms with E-state index in [1.165, 1.54) is 18.3 Å². The molecule has 43 heavy (non-hydrogen) atoms. The Kier molecular flexibility index (Phi) is 8.47. The molecule has 2 N–H and O–H groups in total. The summed E-state index contributed by atoms with van der Waals surface area (Å²) in [5.41, 5.74) is 5.83. The molecule has 0 saturated carbocycles. The van der Waals surface area contributed by atoms with Crippen LogP contribution in [0.2, 0.25) is 0 Å². The number of amides is 1. The third-order valence-electron chi connectivity index (χ3n) is 7.36. The van der Waals surface area contributed by atoms with Crippen molar-refractivity contribution in [2.24, 2.45) is 5.73 Å². The number of benzene rings is 2. The number of alkyl halides is 2. The van der Waals surface area contributed by atoms with Crippen LogP contribution in [-0.2, 0) is 24.2 Å². The normalized spacial score (nSPS) is 13.7. The van der Waals surface area contributed by atoms with Crippen molar-refractivity contribution in [3.05, 3.63) is 106 Å². The van der Waals surface area contributed by atoms with Gasteiger partial charge in [0.25, 0.3) is 12.3 Å². The fourth-order valence-electron chi connectivity index (χ4n) is 5.56. The Balaban J connectivity index is 1.53. The highest BCUT2D eigenvalue weighted by Crippen LogP contribution is 2.34. The van der Waals surface area contributed by atoms with Crippen LogP contribution >= 0.6 is 0 Å². The summed E-state index contributed by atoms with van der Waals surface area (Å²) in [4.78, 5) is 42.3. The van der Waals surface area contributed by atoms with Crippen LogP contribution in [0.5, 0.6) is 0 Å². The van der Waals surface area contributed by atoms with Crippen LogP contribution < -0.4 is 5.73 Å².